The highest BCUT2D eigenvalue weighted by molar-refractivity contribution is 5.99. The average Bonchev–Trinajstić information content (AvgIpc) is 3.31. The molecular weight excluding hydrogens is 475 g/mol. The molecule has 0 fully saturated rings. The highest BCUT2D eigenvalue weighted by atomic mass is 19.4. The predicted octanol–water partition coefficient (Wildman–Crippen LogP) is 3.81. The number of rotatable bonds is 7. The molecule has 0 saturated heterocycles. The molecule has 0 spiro atoms. The lowest BCUT2D eigenvalue weighted by molar-refractivity contribution is -0.137. The molecule has 1 atom stereocenters. The van der Waals surface area contributed by atoms with Crippen molar-refractivity contribution in [3.8, 4) is 5.75 Å². The minimum absolute atomic E-state index is 0.0710. The molecule has 3 aromatic carbocycles. The van der Waals surface area contributed by atoms with Crippen LogP contribution in [0.15, 0.2) is 72.8 Å². The van der Waals surface area contributed by atoms with Crippen LogP contribution in [0.5, 0.6) is 5.75 Å². The molecule has 186 valence electrons. The minimum Gasteiger partial charge on any atom is -0.480 e. The van der Waals surface area contributed by atoms with E-state index in [9.17, 15) is 27.6 Å². The smallest absolute Gasteiger partial charge is 0.416 e. The summed E-state index contributed by atoms with van der Waals surface area (Å²) in [6, 6.07) is 17.6. The largest absolute Gasteiger partial charge is 0.480 e. The topological polar surface area (TPSA) is 96.5 Å². The maximum absolute atomic E-state index is 12.6. The lowest BCUT2D eigenvalue weighted by Crippen LogP contribution is -2.34. The van der Waals surface area contributed by atoms with Crippen molar-refractivity contribution >= 4 is 23.4 Å². The fraction of sp³-hybridized carbons (Fsp3) is 0.192. The van der Waals surface area contributed by atoms with E-state index >= 15 is 0 Å². The van der Waals surface area contributed by atoms with Crippen molar-refractivity contribution in [2.45, 2.75) is 18.7 Å². The number of amides is 3. The monoisotopic (exact) mass is 497 g/mol. The first-order chi connectivity index (χ1) is 17.2. The lowest BCUT2D eigenvalue weighted by atomic mass is 10.1. The molecule has 1 aliphatic heterocycles. The lowest BCUT2D eigenvalue weighted by Gasteiger charge is -2.12. The molecule has 1 unspecified atom stereocenters. The van der Waals surface area contributed by atoms with Gasteiger partial charge in [0.15, 0.2) is 6.10 Å². The van der Waals surface area contributed by atoms with Crippen molar-refractivity contribution in [3.05, 3.63) is 95.1 Å². The van der Waals surface area contributed by atoms with Gasteiger partial charge in [0.25, 0.3) is 17.7 Å². The quantitative estimate of drug-likeness (QED) is 0.433. The van der Waals surface area contributed by atoms with Crippen molar-refractivity contribution in [1.82, 2.24) is 10.6 Å². The Morgan fingerprint density at radius 2 is 1.50 bits per heavy atom. The van der Waals surface area contributed by atoms with E-state index < -0.39 is 29.7 Å². The van der Waals surface area contributed by atoms with Crippen LogP contribution in [0.4, 0.5) is 18.9 Å². The summed E-state index contributed by atoms with van der Waals surface area (Å²) in [6.07, 6.45) is -4.68. The molecule has 4 rings (SSSR count). The Hall–Kier alpha value is -4.34. The summed E-state index contributed by atoms with van der Waals surface area (Å²) >= 11 is 0. The molecule has 0 saturated carbocycles. The molecule has 0 aromatic heterocycles. The fourth-order valence-corrected chi connectivity index (χ4v) is 3.66. The second-order valence-corrected chi connectivity index (χ2v) is 8.08. The van der Waals surface area contributed by atoms with Crippen LogP contribution in [0.1, 0.15) is 31.8 Å². The summed E-state index contributed by atoms with van der Waals surface area (Å²) in [6.45, 7) is 0.164. The molecule has 3 N–H and O–H groups in total. The van der Waals surface area contributed by atoms with Gasteiger partial charge in [0.1, 0.15) is 5.75 Å². The number of benzene rings is 3. The van der Waals surface area contributed by atoms with Crippen molar-refractivity contribution in [2.75, 3.05) is 18.4 Å². The number of hydrogen-bond donors (Lipinski definition) is 3. The van der Waals surface area contributed by atoms with Crippen molar-refractivity contribution < 1.29 is 32.3 Å². The van der Waals surface area contributed by atoms with Gasteiger partial charge in [0.2, 0.25) is 0 Å². The van der Waals surface area contributed by atoms with Gasteiger partial charge in [-0.25, -0.2) is 0 Å². The zero-order valence-electron chi connectivity index (χ0n) is 18.9. The molecule has 0 radical (unpaired) electrons. The highest BCUT2D eigenvalue weighted by Gasteiger charge is 2.30. The summed E-state index contributed by atoms with van der Waals surface area (Å²) in [5.74, 6) is -0.621. The number of alkyl halides is 3. The third-order valence-electron chi connectivity index (χ3n) is 5.50. The van der Waals surface area contributed by atoms with Crippen LogP contribution in [0, 0.1) is 0 Å². The number of carbonyl (C=O) groups is 3. The van der Waals surface area contributed by atoms with Crippen LogP contribution in [-0.2, 0) is 17.4 Å². The van der Waals surface area contributed by atoms with E-state index in [4.69, 9.17) is 4.74 Å². The zero-order chi connectivity index (χ0) is 25.7. The third-order valence-corrected chi connectivity index (χ3v) is 5.50. The summed E-state index contributed by atoms with van der Waals surface area (Å²) in [5, 5.41) is 7.93. The number of carbonyl (C=O) groups excluding carboxylic acids is 3. The summed E-state index contributed by atoms with van der Waals surface area (Å²) < 4.78 is 43.6. The minimum atomic E-state index is -4.48. The standard InChI is InChI=1S/C26H22F3N3O4/c27-26(28,29)19-10-8-16(9-11-19)23(33)30-12-13-31-24(34)18-5-3-6-20(14-18)32-25(35)22-15-17-4-1-2-7-21(17)36-22/h1-11,14,22H,12-13,15H2,(H,30,33)(H,31,34)(H,32,35). The van der Waals surface area contributed by atoms with E-state index in [1.807, 2.05) is 18.2 Å². The summed E-state index contributed by atoms with van der Waals surface area (Å²) in [7, 11) is 0. The number of nitrogens with one attached hydrogen (secondary N) is 3. The van der Waals surface area contributed by atoms with E-state index in [1.165, 1.54) is 6.07 Å². The average molecular weight is 497 g/mol. The van der Waals surface area contributed by atoms with Crippen LogP contribution in [-0.4, -0.2) is 36.9 Å². The van der Waals surface area contributed by atoms with Crippen molar-refractivity contribution in [2.24, 2.45) is 0 Å². The van der Waals surface area contributed by atoms with Crippen LogP contribution < -0.4 is 20.7 Å². The van der Waals surface area contributed by atoms with Gasteiger partial charge in [-0.2, -0.15) is 13.2 Å². The number of ether oxygens (including phenoxy) is 1. The SMILES string of the molecule is O=C(NCCNC(=O)c1cccc(NC(=O)C2Cc3ccccc3O2)c1)c1ccc(C(F)(F)F)cc1. The summed E-state index contributed by atoms with van der Waals surface area (Å²) in [4.78, 5) is 37.2. The molecule has 36 heavy (non-hydrogen) atoms. The molecule has 0 bridgehead atoms. The molecule has 3 amide bonds. The van der Waals surface area contributed by atoms with Crippen LogP contribution in [0.25, 0.3) is 0 Å². The van der Waals surface area contributed by atoms with Gasteiger partial charge in [-0.15, -0.1) is 0 Å². The Morgan fingerprint density at radius 1 is 0.833 bits per heavy atom. The Bertz CT molecular complexity index is 1250. The van der Waals surface area contributed by atoms with Gasteiger partial charge < -0.3 is 20.7 Å². The number of halogens is 3. The molecular formula is C26H22F3N3O4. The van der Waals surface area contributed by atoms with E-state index in [0.29, 0.717) is 23.4 Å². The summed E-state index contributed by atoms with van der Waals surface area (Å²) in [5.41, 5.74) is 0.925. The van der Waals surface area contributed by atoms with Gasteiger partial charge in [0.05, 0.1) is 5.56 Å². The number of anilines is 1. The predicted molar refractivity (Wildman–Crippen MR) is 126 cm³/mol. The maximum Gasteiger partial charge on any atom is 0.416 e. The number of fused-ring (bicyclic) bond motifs is 1. The van der Waals surface area contributed by atoms with Gasteiger partial charge in [-0.05, 0) is 54.1 Å². The Kier molecular flexibility index (Phi) is 7.23. The molecule has 1 heterocycles. The molecule has 10 heteroatoms. The van der Waals surface area contributed by atoms with Crippen LogP contribution in [0.3, 0.4) is 0 Å². The van der Waals surface area contributed by atoms with Crippen molar-refractivity contribution in [1.29, 1.82) is 0 Å². The normalized spacial score (nSPS) is 14.4. The first kappa shape index (κ1) is 24.8. The number of para-hydroxylation sites is 1. The van der Waals surface area contributed by atoms with E-state index in [1.54, 1.807) is 24.3 Å². The van der Waals surface area contributed by atoms with E-state index in [-0.39, 0.29) is 24.6 Å². The van der Waals surface area contributed by atoms with Crippen molar-refractivity contribution in [3.63, 3.8) is 0 Å². The maximum atomic E-state index is 12.6. The van der Waals surface area contributed by atoms with Gasteiger partial charge in [0, 0.05) is 36.3 Å². The first-order valence-corrected chi connectivity index (χ1v) is 11.1. The van der Waals surface area contributed by atoms with E-state index in [0.717, 1.165) is 29.8 Å². The van der Waals surface area contributed by atoms with Gasteiger partial charge >= 0.3 is 6.18 Å². The second kappa shape index (κ2) is 10.5. The third kappa shape index (κ3) is 6.01. The van der Waals surface area contributed by atoms with Gasteiger partial charge in [-0.3, -0.25) is 14.4 Å². The van der Waals surface area contributed by atoms with Gasteiger partial charge in [-0.1, -0.05) is 24.3 Å². The molecule has 3 aromatic rings. The molecule has 1 aliphatic rings. The Morgan fingerprint density at radius 3 is 2.17 bits per heavy atom. The second-order valence-electron chi connectivity index (χ2n) is 8.08. The Balaban J connectivity index is 1.23. The Labute approximate surface area is 204 Å². The van der Waals surface area contributed by atoms with Crippen LogP contribution in [0.2, 0.25) is 0 Å². The molecule has 7 nitrogen and oxygen atoms in total. The number of hydrogen-bond acceptors (Lipinski definition) is 4. The first-order valence-electron chi connectivity index (χ1n) is 11.1. The fourth-order valence-electron chi connectivity index (χ4n) is 3.66. The molecule has 0 aliphatic carbocycles. The van der Waals surface area contributed by atoms with E-state index in [2.05, 4.69) is 16.0 Å². The highest BCUT2D eigenvalue weighted by Crippen LogP contribution is 2.29. The zero-order valence-corrected chi connectivity index (χ0v) is 18.9. The van der Waals surface area contributed by atoms with Crippen LogP contribution >= 0.6 is 0 Å².